The number of nitrogens with one attached hydrogen (secondary N) is 2. The average molecular weight is 496 g/mol. The van der Waals surface area contributed by atoms with Gasteiger partial charge < -0.3 is 10.6 Å². The maximum Gasteiger partial charge on any atom is 0.234 e. The monoisotopic (exact) mass is 495 g/mol. The Bertz CT molecular complexity index is 1290. The number of carbonyl (C=O) groups excluding carboxylic acids is 2. The Balaban J connectivity index is 1.31. The first-order valence-corrected chi connectivity index (χ1v) is 12.6. The van der Waals surface area contributed by atoms with Gasteiger partial charge in [-0.1, -0.05) is 59.8 Å². The van der Waals surface area contributed by atoms with Crippen molar-refractivity contribution in [2.24, 2.45) is 0 Å². The molecule has 1 aromatic heterocycles. The molecule has 2 amide bonds. The van der Waals surface area contributed by atoms with Crippen LogP contribution in [0.25, 0.3) is 10.2 Å². The molecule has 0 unspecified atom stereocenters. The molecule has 0 aliphatic rings. The molecule has 8 heteroatoms. The second-order valence-corrected chi connectivity index (χ2v) is 10.2. The van der Waals surface area contributed by atoms with E-state index in [0.717, 1.165) is 31.4 Å². The van der Waals surface area contributed by atoms with Gasteiger partial charge in [0.2, 0.25) is 11.8 Å². The Kier molecular flexibility index (Phi) is 7.65. The van der Waals surface area contributed by atoms with Crippen molar-refractivity contribution in [3.05, 3.63) is 82.9 Å². The number of aryl methyl sites for hydroxylation is 2. The van der Waals surface area contributed by atoms with Crippen molar-refractivity contribution in [1.29, 1.82) is 0 Å². The average Bonchev–Trinajstić information content (AvgIpc) is 3.22. The Hall–Kier alpha value is -2.87. The van der Waals surface area contributed by atoms with E-state index in [0.29, 0.717) is 23.6 Å². The molecular weight excluding hydrogens is 474 g/mol. The lowest BCUT2D eigenvalue weighted by Gasteiger charge is -2.06. The third-order valence-corrected chi connectivity index (χ3v) is 7.49. The van der Waals surface area contributed by atoms with E-state index in [2.05, 4.69) is 15.6 Å². The number of hydrogen-bond donors (Lipinski definition) is 2. The van der Waals surface area contributed by atoms with Crippen LogP contribution >= 0.6 is 34.7 Å². The number of fused-ring (bicyclic) bond motifs is 1. The third kappa shape index (κ3) is 6.57. The Morgan fingerprint density at radius 3 is 2.48 bits per heavy atom. The molecule has 0 saturated heterocycles. The summed E-state index contributed by atoms with van der Waals surface area (Å²) in [5.74, 6) is 0.102. The highest BCUT2D eigenvalue weighted by molar-refractivity contribution is 8.01. The van der Waals surface area contributed by atoms with Crippen LogP contribution in [0.15, 0.2) is 71.1 Å². The van der Waals surface area contributed by atoms with Crippen molar-refractivity contribution in [3.8, 4) is 0 Å². The van der Waals surface area contributed by atoms with E-state index in [1.807, 2.05) is 67.6 Å². The highest BCUT2D eigenvalue weighted by Crippen LogP contribution is 2.31. The molecule has 1 heterocycles. The first-order valence-electron chi connectivity index (χ1n) is 10.4. The molecule has 0 fully saturated rings. The van der Waals surface area contributed by atoms with Crippen molar-refractivity contribution in [2.45, 2.75) is 24.1 Å². The lowest BCUT2D eigenvalue weighted by molar-refractivity contribution is -0.116. The lowest BCUT2D eigenvalue weighted by atomic mass is 10.1. The Labute approximate surface area is 205 Å². The number of anilines is 2. The van der Waals surface area contributed by atoms with Crippen LogP contribution in [-0.2, 0) is 16.0 Å². The highest BCUT2D eigenvalue weighted by atomic mass is 35.5. The second kappa shape index (κ2) is 10.8. The van der Waals surface area contributed by atoms with Gasteiger partial charge in [-0.05, 0) is 54.8 Å². The summed E-state index contributed by atoms with van der Waals surface area (Å²) in [5, 5.41) is 6.43. The van der Waals surface area contributed by atoms with Crippen LogP contribution in [0.5, 0.6) is 0 Å². The van der Waals surface area contributed by atoms with Crippen LogP contribution < -0.4 is 10.6 Å². The molecular formula is C25H22ClN3O2S2. The van der Waals surface area contributed by atoms with Crippen LogP contribution in [0.1, 0.15) is 17.5 Å². The molecule has 4 rings (SSSR count). The summed E-state index contributed by atoms with van der Waals surface area (Å²) >= 11 is 9.00. The van der Waals surface area contributed by atoms with Crippen molar-refractivity contribution < 1.29 is 9.59 Å². The number of halogens is 1. The predicted octanol–water partition coefficient (Wildman–Crippen LogP) is 6.56. The quantitative estimate of drug-likeness (QED) is 0.271. The largest absolute Gasteiger partial charge is 0.326 e. The molecule has 0 radical (unpaired) electrons. The minimum atomic E-state index is -0.120. The third-order valence-electron chi connectivity index (χ3n) is 4.92. The van der Waals surface area contributed by atoms with Crippen molar-refractivity contribution in [3.63, 3.8) is 0 Å². The van der Waals surface area contributed by atoms with E-state index >= 15 is 0 Å². The minimum Gasteiger partial charge on any atom is -0.326 e. The van der Waals surface area contributed by atoms with Gasteiger partial charge in [0.25, 0.3) is 0 Å². The Morgan fingerprint density at radius 1 is 0.970 bits per heavy atom. The first kappa shape index (κ1) is 23.3. The molecule has 2 N–H and O–H groups in total. The summed E-state index contributed by atoms with van der Waals surface area (Å²) < 4.78 is 1.76. The summed E-state index contributed by atoms with van der Waals surface area (Å²) in [6.07, 6.45) is 1.13. The van der Waals surface area contributed by atoms with E-state index in [-0.39, 0.29) is 17.6 Å². The number of benzene rings is 3. The maximum absolute atomic E-state index is 12.3. The number of nitrogens with zero attached hydrogens (tertiary/aromatic N) is 1. The topological polar surface area (TPSA) is 71.1 Å². The van der Waals surface area contributed by atoms with Gasteiger partial charge in [-0.15, -0.1) is 11.3 Å². The van der Waals surface area contributed by atoms with Crippen molar-refractivity contribution >= 4 is 68.1 Å². The SMILES string of the molecule is Cc1ccc(NC(=O)CSc2nc3ccc(NC(=O)CCc4ccccc4)cc3s2)cc1Cl. The van der Waals surface area contributed by atoms with Crippen LogP contribution in [-0.4, -0.2) is 22.6 Å². The second-order valence-electron chi connectivity index (χ2n) is 7.50. The van der Waals surface area contributed by atoms with Crippen LogP contribution in [0.4, 0.5) is 11.4 Å². The molecule has 3 aromatic carbocycles. The number of amides is 2. The molecule has 5 nitrogen and oxygen atoms in total. The molecule has 0 saturated carbocycles. The molecule has 0 spiro atoms. The summed E-state index contributed by atoms with van der Waals surface area (Å²) in [6, 6.07) is 21.1. The number of carbonyl (C=O) groups is 2. The highest BCUT2D eigenvalue weighted by Gasteiger charge is 2.10. The maximum atomic E-state index is 12.3. The zero-order chi connectivity index (χ0) is 23.2. The number of thioether (sulfide) groups is 1. The fourth-order valence-electron chi connectivity index (χ4n) is 3.16. The predicted molar refractivity (Wildman–Crippen MR) is 139 cm³/mol. The number of hydrogen-bond acceptors (Lipinski definition) is 5. The summed E-state index contributed by atoms with van der Waals surface area (Å²) in [5.41, 5.74) is 4.37. The van der Waals surface area contributed by atoms with Crippen molar-refractivity contribution in [2.75, 3.05) is 16.4 Å². The zero-order valence-corrected chi connectivity index (χ0v) is 20.3. The first-order chi connectivity index (χ1) is 16.0. The molecule has 0 aliphatic heterocycles. The smallest absolute Gasteiger partial charge is 0.234 e. The van der Waals surface area contributed by atoms with Crippen molar-refractivity contribution in [1.82, 2.24) is 4.98 Å². The van der Waals surface area contributed by atoms with Gasteiger partial charge in [-0.2, -0.15) is 0 Å². The van der Waals surface area contributed by atoms with Crippen LogP contribution in [0.2, 0.25) is 5.02 Å². The summed E-state index contributed by atoms with van der Waals surface area (Å²) in [4.78, 5) is 29.2. The van der Waals surface area contributed by atoms with E-state index in [1.165, 1.54) is 23.1 Å². The van der Waals surface area contributed by atoms with Gasteiger partial charge in [0.05, 0.1) is 16.0 Å². The zero-order valence-electron chi connectivity index (χ0n) is 17.9. The van der Waals surface area contributed by atoms with E-state index in [1.54, 1.807) is 6.07 Å². The molecule has 0 atom stereocenters. The summed E-state index contributed by atoms with van der Waals surface area (Å²) in [7, 11) is 0. The number of thiazole rings is 1. The van der Waals surface area contributed by atoms with E-state index in [9.17, 15) is 9.59 Å². The van der Waals surface area contributed by atoms with Gasteiger partial charge in [-0.3, -0.25) is 9.59 Å². The standard InChI is InChI=1S/C25H22ClN3O2S2/c1-16-7-9-18(13-20(16)26)28-24(31)15-32-25-29-21-11-10-19(14-22(21)33-25)27-23(30)12-8-17-5-3-2-4-6-17/h2-7,9-11,13-14H,8,12,15H2,1H3,(H,27,30)(H,28,31). The van der Waals surface area contributed by atoms with Crippen LogP contribution in [0.3, 0.4) is 0 Å². The van der Waals surface area contributed by atoms with Crippen LogP contribution in [0, 0.1) is 6.92 Å². The summed E-state index contributed by atoms with van der Waals surface area (Å²) in [6.45, 7) is 1.92. The van der Waals surface area contributed by atoms with Gasteiger partial charge >= 0.3 is 0 Å². The fourth-order valence-corrected chi connectivity index (χ4v) is 5.25. The van der Waals surface area contributed by atoms with E-state index < -0.39 is 0 Å². The normalized spacial score (nSPS) is 10.8. The minimum absolute atomic E-state index is 0.0230. The molecule has 168 valence electrons. The number of rotatable bonds is 8. The van der Waals surface area contributed by atoms with E-state index in [4.69, 9.17) is 11.6 Å². The molecule has 0 bridgehead atoms. The molecule has 33 heavy (non-hydrogen) atoms. The van der Waals surface area contributed by atoms with Gasteiger partial charge in [0, 0.05) is 22.8 Å². The number of aromatic nitrogens is 1. The lowest BCUT2D eigenvalue weighted by Crippen LogP contribution is -2.13. The molecule has 0 aliphatic carbocycles. The Morgan fingerprint density at radius 2 is 1.70 bits per heavy atom. The fraction of sp³-hybridized carbons (Fsp3) is 0.160. The van der Waals surface area contributed by atoms with Gasteiger partial charge in [0.15, 0.2) is 4.34 Å². The molecule has 4 aromatic rings. The van der Waals surface area contributed by atoms with Gasteiger partial charge in [0.1, 0.15) is 0 Å². The van der Waals surface area contributed by atoms with Gasteiger partial charge in [-0.25, -0.2) is 4.98 Å².